The predicted octanol–water partition coefficient (Wildman–Crippen LogP) is 0.542. The van der Waals surface area contributed by atoms with Gasteiger partial charge in [0.1, 0.15) is 12.1 Å². The highest BCUT2D eigenvalue weighted by Gasteiger charge is 2.42. The lowest BCUT2D eigenvalue weighted by atomic mass is 10.00. The minimum absolute atomic E-state index is 0.111. The molecule has 1 aliphatic rings. The van der Waals surface area contributed by atoms with E-state index in [1.807, 2.05) is 0 Å². The number of imide groups is 1. The Labute approximate surface area is 104 Å². The minimum Gasteiger partial charge on any atom is -0.323 e. The number of rotatable bonds is 1. The average molecular weight is 305 g/mol. The van der Waals surface area contributed by atoms with Crippen LogP contribution in [0.4, 0.5) is 5.13 Å². The maximum atomic E-state index is 11.7. The summed E-state index contributed by atoms with van der Waals surface area (Å²) in [6.45, 7) is 3.59. The third kappa shape index (κ3) is 1.82. The number of amides is 2. The number of hydrogen-bond donors (Lipinski definition) is 1. The number of nitrogens with one attached hydrogen (secondary N) is 1. The highest BCUT2D eigenvalue weighted by Crippen LogP contribution is 2.30. The summed E-state index contributed by atoms with van der Waals surface area (Å²) in [7, 11) is 0. The predicted molar refractivity (Wildman–Crippen MR) is 62.2 cm³/mol. The molecule has 8 heteroatoms. The zero-order valence-electron chi connectivity index (χ0n) is 8.65. The van der Waals surface area contributed by atoms with E-state index in [9.17, 15) is 9.59 Å². The zero-order valence-corrected chi connectivity index (χ0v) is 11.1. The lowest BCUT2D eigenvalue weighted by Crippen LogP contribution is -2.64. The molecule has 1 fully saturated rings. The van der Waals surface area contributed by atoms with Gasteiger partial charge in [0.15, 0.2) is 3.92 Å². The van der Waals surface area contributed by atoms with Gasteiger partial charge in [-0.15, -0.1) is 10.2 Å². The van der Waals surface area contributed by atoms with Gasteiger partial charge in [0.2, 0.25) is 11.0 Å². The second kappa shape index (κ2) is 3.77. The van der Waals surface area contributed by atoms with Crippen molar-refractivity contribution < 1.29 is 9.59 Å². The van der Waals surface area contributed by atoms with Gasteiger partial charge in [-0.1, -0.05) is 11.3 Å². The summed E-state index contributed by atoms with van der Waals surface area (Å²) in [6.07, 6.45) is 0. The first kappa shape index (κ1) is 11.5. The Balaban J connectivity index is 2.38. The lowest BCUT2D eigenvalue weighted by molar-refractivity contribution is -0.135. The Hall–Kier alpha value is -1.02. The molecule has 86 valence electrons. The number of carbonyl (C=O) groups excluding carboxylic acids is 2. The van der Waals surface area contributed by atoms with Crippen LogP contribution in [0, 0.1) is 0 Å². The molecule has 16 heavy (non-hydrogen) atoms. The molecule has 0 aliphatic carbocycles. The summed E-state index contributed by atoms with van der Waals surface area (Å²) in [6, 6.07) is 0. The number of carbonyl (C=O) groups is 2. The van der Waals surface area contributed by atoms with Crippen molar-refractivity contribution >= 4 is 44.2 Å². The summed E-state index contributed by atoms with van der Waals surface area (Å²) in [5.74, 6) is -0.647. The van der Waals surface area contributed by atoms with Crippen molar-refractivity contribution in [1.82, 2.24) is 15.5 Å². The summed E-state index contributed by atoms with van der Waals surface area (Å²) < 4.78 is 0.622. The van der Waals surface area contributed by atoms with E-state index < -0.39 is 5.54 Å². The molecule has 0 aromatic carbocycles. The molecule has 6 nitrogen and oxygen atoms in total. The van der Waals surface area contributed by atoms with Crippen LogP contribution in [0.25, 0.3) is 0 Å². The van der Waals surface area contributed by atoms with Crippen LogP contribution in [0.5, 0.6) is 0 Å². The molecule has 0 spiro atoms. The standard InChI is InChI=1S/C8H9BrN4O2S/c1-8(2)5(15)10-4(14)3-13(8)7-12-11-6(9)16-7/h3H2,1-2H3,(H,10,14,15). The molecule has 0 atom stereocenters. The van der Waals surface area contributed by atoms with Gasteiger partial charge >= 0.3 is 0 Å². The van der Waals surface area contributed by atoms with E-state index in [2.05, 4.69) is 31.4 Å². The fraction of sp³-hybridized carbons (Fsp3) is 0.500. The van der Waals surface area contributed by atoms with Crippen LogP contribution in [0.15, 0.2) is 3.92 Å². The number of aromatic nitrogens is 2. The number of anilines is 1. The van der Waals surface area contributed by atoms with Gasteiger partial charge in [0.05, 0.1) is 0 Å². The highest BCUT2D eigenvalue weighted by atomic mass is 79.9. The minimum atomic E-state index is -0.799. The van der Waals surface area contributed by atoms with Crippen molar-refractivity contribution in [1.29, 1.82) is 0 Å². The third-order valence-electron chi connectivity index (χ3n) is 2.41. The SMILES string of the molecule is CC1(C)C(=O)NC(=O)CN1c1nnc(Br)s1. The molecule has 0 bridgehead atoms. The molecule has 0 saturated carbocycles. The second-order valence-electron chi connectivity index (χ2n) is 3.86. The fourth-order valence-corrected chi connectivity index (χ4v) is 2.63. The normalized spacial score (nSPS) is 19.8. The van der Waals surface area contributed by atoms with Crippen LogP contribution in [0.2, 0.25) is 0 Å². The van der Waals surface area contributed by atoms with E-state index in [4.69, 9.17) is 0 Å². The van der Waals surface area contributed by atoms with Crippen LogP contribution in [0.3, 0.4) is 0 Å². The summed E-state index contributed by atoms with van der Waals surface area (Å²) in [5, 5.41) is 10.6. The molecule has 0 radical (unpaired) electrons. The molecule has 0 unspecified atom stereocenters. The van der Waals surface area contributed by atoms with Crippen molar-refractivity contribution in [2.45, 2.75) is 19.4 Å². The quantitative estimate of drug-likeness (QED) is 0.767. The van der Waals surface area contributed by atoms with Gasteiger partial charge in [-0.25, -0.2) is 0 Å². The van der Waals surface area contributed by atoms with Crippen molar-refractivity contribution in [3.05, 3.63) is 3.92 Å². The Bertz CT molecular complexity index is 459. The fourth-order valence-electron chi connectivity index (χ4n) is 1.40. The van der Waals surface area contributed by atoms with E-state index in [0.717, 1.165) is 0 Å². The van der Waals surface area contributed by atoms with Crippen molar-refractivity contribution in [2.24, 2.45) is 0 Å². The number of nitrogens with zero attached hydrogens (tertiary/aromatic N) is 3. The largest absolute Gasteiger partial charge is 0.323 e. The Kier molecular flexibility index (Phi) is 2.70. The Morgan fingerprint density at radius 3 is 2.69 bits per heavy atom. The molecule has 1 N–H and O–H groups in total. The molecule has 1 aromatic heterocycles. The first-order chi connectivity index (χ1) is 7.41. The van der Waals surface area contributed by atoms with E-state index in [-0.39, 0.29) is 18.4 Å². The number of halogens is 1. The van der Waals surface area contributed by atoms with E-state index in [0.29, 0.717) is 9.05 Å². The molecule has 2 amide bonds. The van der Waals surface area contributed by atoms with Crippen molar-refractivity contribution in [3.8, 4) is 0 Å². The van der Waals surface area contributed by atoms with E-state index >= 15 is 0 Å². The Morgan fingerprint density at radius 1 is 1.44 bits per heavy atom. The van der Waals surface area contributed by atoms with E-state index in [1.54, 1.807) is 18.7 Å². The van der Waals surface area contributed by atoms with Gasteiger partial charge in [0.25, 0.3) is 5.91 Å². The molecule has 2 heterocycles. The Morgan fingerprint density at radius 2 is 2.12 bits per heavy atom. The summed E-state index contributed by atoms with van der Waals surface area (Å²) in [4.78, 5) is 24.7. The maximum Gasteiger partial charge on any atom is 0.251 e. The van der Waals surface area contributed by atoms with Crippen LogP contribution in [-0.2, 0) is 9.59 Å². The molecule has 1 aliphatic heterocycles. The van der Waals surface area contributed by atoms with Gasteiger partial charge in [-0.05, 0) is 29.8 Å². The number of piperazine rings is 1. The molecule has 1 aromatic rings. The lowest BCUT2D eigenvalue weighted by Gasteiger charge is -2.39. The van der Waals surface area contributed by atoms with Gasteiger partial charge in [-0.3, -0.25) is 14.9 Å². The highest BCUT2D eigenvalue weighted by molar-refractivity contribution is 9.11. The molecular formula is C8H9BrN4O2S. The van der Waals surface area contributed by atoms with Crippen molar-refractivity contribution in [3.63, 3.8) is 0 Å². The smallest absolute Gasteiger partial charge is 0.251 e. The molecule has 2 rings (SSSR count). The first-order valence-electron chi connectivity index (χ1n) is 4.52. The maximum absolute atomic E-state index is 11.7. The van der Waals surface area contributed by atoms with Crippen LogP contribution < -0.4 is 10.2 Å². The van der Waals surface area contributed by atoms with Gasteiger partial charge in [0, 0.05) is 0 Å². The van der Waals surface area contributed by atoms with Crippen LogP contribution in [0.1, 0.15) is 13.8 Å². The zero-order chi connectivity index (χ0) is 11.9. The van der Waals surface area contributed by atoms with Crippen LogP contribution in [-0.4, -0.2) is 34.1 Å². The summed E-state index contributed by atoms with van der Waals surface area (Å²) in [5.41, 5.74) is -0.799. The van der Waals surface area contributed by atoms with Gasteiger partial charge < -0.3 is 4.90 Å². The topological polar surface area (TPSA) is 75.2 Å². The van der Waals surface area contributed by atoms with E-state index in [1.165, 1.54) is 11.3 Å². The van der Waals surface area contributed by atoms with Crippen LogP contribution >= 0.6 is 27.3 Å². The average Bonchev–Trinajstić information content (AvgIpc) is 2.58. The molecule has 1 saturated heterocycles. The third-order valence-corrected chi connectivity index (χ3v) is 3.78. The summed E-state index contributed by atoms with van der Waals surface area (Å²) >= 11 is 4.49. The second-order valence-corrected chi connectivity index (χ2v) is 6.09. The number of hydrogen-bond acceptors (Lipinski definition) is 6. The van der Waals surface area contributed by atoms with Gasteiger partial charge in [-0.2, -0.15) is 0 Å². The van der Waals surface area contributed by atoms with Crippen molar-refractivity contribution in [2.75, 3.05) is 11.4 Å². The first-order valence-corrected chi connectivity index (χ1v) is 6.13. The monoisotopic (exact) mass is 304 g/mol. The molecular weight excluding hydrogens is 296 g/mol.